The summed E-state index contributed by atoms with van der Waals surface area (Å²) in [5.74, 6) is -0.0304. The van der Waals surface area contributed by atoms with Crippen molar-refractivity contribution in [3.05, 3.63) is 51.7 Å². The Morgan fingerprint density at radius 3 is 2.79 bits per heavy atom. The predicted molar refractivity (Wildman–Crippen MR) is 124 cm³/mol. The average molecular weight is 427 g/mol. The zero-order valence-corrected chi connectivity index (χ0v) is 18.5. The van der Waals surface area contributed by atoms with Crippen LogP contribution in [0.3, 0.4) is 0 Å². The van der Waals surface area contributed by atoms with E-state index in [1.807, 2.05) is 23.6 Å². The van der Waals surface area contributed by atoms with Crippen LogP contribution in [0.5, 0.6) is 0 Å². The van der Waals surface area contributed by atoms with Crippen LogP contribution in [0.1, 0.15) is 16.0 Å². The number of anilines is 1. The molecular weight excluding hydrogens is 400 g/mol. The maximum Gasteiger partial charge on any atom is 0.244 e. The zero-order chi connectivity index (χ0) is 20.2. The first-order chi connectivity index (χ1) is 14.1. The minimum Gasteiger partial charge on any atom is -0.351 e. The normalized spacial score (nSPS) is 15.4. The number of aromatic nitrogens is 1. The van der Waals surface area contributed by atoms with Gasteiger partial charge < -0.3 is 10.2 Å². The average Bonchev–Trinajstić information content (AvgIpc) is 3.40. The van der Waals surface area contributed by atoms with Crippen LogP contribution < -0.4 is 10.2 Å². The van der Waals surface area contributed by atoms with Gasteiger partial charge in [0.05, 0.1) is 10.2 Å². The van der Waals surface area contributed by atoms with Crippen LogP contribution in [-0.4, -0.2) is 55.1 Å². The van der Waals surface area contributed by atoms with Gasteiger partial charge in [-0.05, 0) is 48.6 Å². The van der Waals surface area contributed by atoms with E-state index in [-0.39, 0.29) is 5.91 Å². The maximum absolute atomic E-state index is 11.9. The number of hydrogen-bond donors (Lipinski definition) is 1. The number of hydrogen-bond acceptors (Lipinski definition) is 6. The summed E-state index contributed by atoms with van der Waals surface area (Å²) < 4.78 is 1.27. The molecule has 2 aromatic heterocycles. The highest BCUT2D eigenvalue weighted by Gasteiger charge is 2.20. The Hall–Kier alpha value is -2.22. The molecule has 0 saturated carbocycles. The fourth-order valence-corrected chi connectivity index (χ4v) is 5.15. The molecule has 3 heterocycles. The molecule has 1 aliphatic heterocycles. The van der Waals surface area contributed by atoms with E-state index in [2.05, 4.69) is 41.1 Å². The van der Waals surface area contributed by atoms with Crippen LogP contribution in [0, 0.1) is 13.8 Å². The third-order valence-electron chi connectivity index (χ3n) is 5.39. The first-order valence-electron chi connectivity index (χ1n) is 9.93. The largest absolute Gasteiger partial charge is 0.351 e. The molecule has 1 aliphatic rings. The van der Waals surface area contributed by atoms with E-state index < -0.39 is 0 Å². The second-order valence-corrected chi connectivity index (χ2v) is 9.31. The summed E-state index contributed by atoms with van der Waals surface area (Å²) >= 11 is 3.41. The molecule has 0 aliphatic carbocycles. The minimum atomic E-state index is -0.0304. The molecule has 0 unspecified atom stereocenters. The molecule has 1 saturated heterocycles. The molecule has 7 heteroatoms. The summed E-state index contributed by atoms with van der Waals surface area (Å²) in [7, 11) is 0. The van der Waals surface area contributed by atoms with Gasteiger partial charge in [0.15, 0.2) is 5.13 Å². The lowest BCUT2D eigenvalue weighted by Gasteiger charge is -2.34. The van der Waals surface area contributed by atoms with E-state index in [0.29, 0.717) is 6.54 Å². The molecule has 1 aromatic carbocycles. The van der Waals surface area contributed by atoms with Gasteiger partial charge in [-0.15, -0.1) is 11.3 Å². The van der Waals surface area contributed by atoms with Crippen LogP contribution in [0.15, 0.2) is 35.7 Å². The Balaban J connectivity index is 1.23. The lowest BCUT2D eigenvalue weighted by atomic mass is 10.1. The Morgan fingerprint density at radius 2 is 2.03 bits per heavy atom. The van der Waals surface area contributed by atoms with Crippen LogP contribution >= 0.6 is 22.7 Å². The van der Waals surface area contributed by atoms with Gasteiger partial charge in [0.25, 0.3) is 0 Å². The summed E-state index contributed by atoms with van der Waals surface area (Å²) in [6.07, 6.45) is 3.47. The smallest absolute Gasteiger partial charge is 0.244 e. The first kappa shape index (κ1) is 20.1. The molecule has 0 spiro atoms. The molecule has 0 bridgehead atoms. The number of fused-ring (bicyclic) bond motifs is 1. The van der Waals surface area contributed by atoms with Gasteiger partial charge in [0.2, 0.25) is 5.91 Å². The molecule has 4 rings (SSSR count). The zero-order valence-electron chi connectivity index (χ0n) is 16.9. The van der Waals surface area contributed by atoms with Crippen molar-refractivity contribution in [1.82, 2.24) is 15.2 Å². The lowest BCUT2D eigenvalue weighted by Crippen LogP contribution is -2.48. The molecule has 1 fully saturated rings. The van der Waals surface area contributed by atoms with E-state index in [9.17, 15) is 4.79 Å². The highest BCUT2D eigenvalue weighted by atomic mass is 32.1. The molecule has 5 nitrogen and oxygen atoms in total. The van der Waals surface area contributed by atoms with Crippen molar-refractivity contribution in [3.8, 4) is 0 Å². The number of thiazole rings is 1. The van der Waals surface area contributed by atoms with Crippen molar-refractivity contribution in [2.45, 2.75) is 13.8 Å². The van der Waals surface area contributed by atoms with Gasteiger partial charge in [-0.25, -0.2) is 4.98 Å². The van der Waals surface area contributed by atoms with Gasteiger partial charge in [0.1, 0.15) is 0 Å². The quantitative estimate of drug-likeness (QED) is 0.607. The number of carbonyl (C=O) groups is 1. The number of nitrogens with one attached hydrogen (secondary N) is 1. The molecule has 0 atom stereocenters. The highest BCUT2D eigenvalue weighted by Crippen LogP contribution is 2.32. The predicted octanol–water partition coefficient (Wildman–Crippen LogP) is 3.93. The number of piperazine rings is 1. The molecule has 1 N–H and O–H groups in total. The van der Waals surface area contributed by atoms with E-state index in [1.165, 1.54) is 15.8 Å². The van der Waals surface area contributed by atoms with E-state index >= 15 is 0 Å². The third kappa shape index (κ3) is 4.86. The number of nitrogens with zero attached hydrogens (tertiary/aromatic N) is 3. The summed E-state index contributed by atoms with van der Waals surface area (Å²) in [4.78, 5) is 22.7. The monoisotopic (exact) mass is 426 g/mol. The summed E-state index contributed by atoms with van der Waals surface area (Å²) in [6, 6.07) is 8.35. The fraction of sp³-hybridized carbons (Fsp3) is 0.364. The molecule has 152 valence electrons. The Morgan fingerprint density at radius 1 is 1.21 bits per heavy atom. The van der Waals surface area contributed by atoms with Crippen molar-refractivity contribution in [3.63, 3.8) is 0 Å². The topological polar surface area (TPSA) is 48.5 Å². The van der Waals surface area contributed by atoms with Gasteiger partial charge in [-0.2, -0.15) is 0 Å². The van der Waals surface area contributed by atoms with Crippen molar-refractivity contribution in [2.75, 3.05) is 44.2 Å². The Kier molecular flexibility index (Phi) is 6.28. The fourth-order valence-electron chi connectivity index (χ4n) is 3.45. The molecule has 3 aromatic rings. The van der Waals surface area contributed by atoms with Crippen molar-refractivity contribution in [2.24, 2.45) is 0 Å². The number of rotatable bonds is 6. The molecule has 1 amide bonds. The highest BCUT2D eigenvalue weighted by molar-refractivity contribution is 7.22. The van der Waals surface area contributed by atoms with E-state index in [1.54, 1.807) is 28.7 Å². The van der Waals surface area contributed by atoms with Crippen LogP contribution in [0.2, 0.25) is 0 Å². The number of carbonyl (C=O) groups excluding carboxylic acids is 1. The van der Waals surface area contributed by atoms with Crippen LogP contribution in [-0.2, 0) is 4.79 Å². The lowest BCUT2D eigenvalue weighted by molar-refractivity contribution is -0.116. The standard InChI is InChI=1S/C22H26N4OS2/c1-16-5-7-19-21(17(16)2)24-22(29-19)26-13-11-25(12-14-26)10-9-23-20(27)8-6-18-4-3-15-28-18/h3-8,15H,9-14H2,1-2H3,(H,23,27)/b8-6+. The number of aryl methyl sites for hydroxylation is 2. The molecule has 0 radical (unpaired) electrons. The summed E-state index contributed by atoms with van der Waals surface area (Å²) in [5.41, 5.74) is 3.73. The first-order valence-corrected chi connectivity index (χ1v) is 11.6. The SMILES string of the molecule is Cc1ccc2sc(N3CCN(CCNC(=O)/C=C/c4cccs4)CC3)nc2c1C. The summed E-state index contributed by atoms with van der Waals surface area (Å²) in [6.45, 7) is 9.79. The van der Waals surface area contributed by atoms with E-state index in [4.69, 9.17) is 4.98 Å². The second kappa shape index (κ2) is 9.07. The number of benzene rings is 1. The Bertz CT molecular complexity index is 1000. The number of thiophene rings is 1. The number of amides is 1. The van der Waals surface area contributed by atoms with Crippen molar-refractivity contribution >= 4 is 50.0 Å². The third-order valence-corrected chi connectivity index (χ3v) is 7.30. The minimum absolute atomic E-state index is 0.0304. The maximum atomic E-state index is 11.9. The molecular formula is C22H26N4OS2. The van der Waals surface area contributed by atoms with Crippen molar-refractivity contribution in [1.29, 1.82) is 0 Å². The van der Waals surface area contributed by atoms with Crippen molar-refractivity contribution < 1.29 is 4.79 Å². The second-order valence-electron chi connectivity index (χ2n) is 7.32. The van der Waals surface area contributed by atoms with Gasteiger partial charge in [-0.1, -0.05) is 23.5 Å². The van der Waals surface area contributed by atoms with E-state index in [0.717, 1.165) is 48.2 Å². The van der Waals surface area contributed by atoms with Crippen LogP contribution in [0.25, 0.3) is 16.3 Å². The van der Waals surface area contributed by atoms with Gasteiger partial charge >= 0.3 is 0 Å². The summed E-state index contributed by atoms with van der Waals surface area (Å²) in [5, 5.41) is 6.11. The van der Waals surface area contributed by atoms with Gasteiger partial charge in [0, 0.05) is 50.2 Å². The van der Waals surface area contributed by atoms with Gasteiger partial charge in [-0.3, -0.25) is 9.69 Å². The Labute approximate surface area is 179 Å². The molecule has 29 heavy (non-hydrogen) atoms. The van der Waals surface area contributed by atoms with Crippen LogP contribution in [0.4, 0.5) is 5.13 Å².